The number of hydrazone groups is 2. The maximum Gasteiger partial charge on any atom is 0.0497 e. The van der Waals surface area contributed by atoms with E-state index in [0.717, 1.165) is 10.9 Å². The standard InChI is InChI=1S/C6H12N4/c1-5-6(2,3)4-8-10(7)9-5/h4H,7H2,1-3H3. The van der Waals surface area contributed by atoms with Gasteiger partial charge in [-0.15, -0.1) is 10.3 Å². The van der Waals surface area contributed by atoms with Crippen molar-refractivity contribution in [3.05, 3.63) is 0 Å². The first kappa shape index (κ1) is 7.21. The van der Waals surface area contributed by atoms with Gasteiger partial charge in [0.2, 0.25) is 0 Å². The first-order valence-corrected chi connectivity index (χ1v) is 3.18. The van der Waals surface area contributed by atoms with Crippen LogP contribution in [-0.2, 0) is 0 Å². The van der Waals surface area contributed by atoms with Crippen LogP contribution < -0.4 is 5.84 Å². The minimum atomic E-state index is -0.0458. The van der Waals surface area contributed by atoms with Crippen LogP contribution >= 0.6 is 0 Å². The minimum absolute atomic E-state index is 0.0458. The van der Waals surface area contributed by atoms with E-state index in [4.69, 9.17) is 5.84 Å². The Hall–Kier alpha value is -0.900. The van der Waals surface area contributed by atoms with E-state index in [9.17, 15) is 0 Å². The first-order valence-electron chi connectivity index (χ1n) is 3.18. The second-order valence-corrected chi connectivity index (χ2v) is 2.97. The van der Waals surface area contributed by atoms with Crippen molar-refractivity contribution < 1.29 is 0 Å². The van der Waals surface area contributed by atoms with Crippen LogP contribution in [0.15, 0.2) is 10.2 Å². The molecule has 0 unspecified atom stereocenters. The monoisotopic (exact) mass is 140 g/mol. The number of nitrogens with zero attached hydrogens (tertiary/aromatic N) is 3. The lowest BCUT2D eigenvalue weighted by atomic mass is 9.90. The molecule has 1 rings (SSSR count). The molecule has 56 valence electrons. The van der Waals surface area contributed by atoms with E-state index >= 15 is 0 Å². The summed E-state index contributed by atoms with van der Waals surface area (Å²) < 4.78 is 0. The van der Waals surface area contributed by atoms with Crippen LogP contribution in [0.4, 0.5) is 0 Å². The normalized spacial score (nSPS) is 22.8. The summed E-state index contributed by atoms with van der Waals surface area (Å²) in [6.07, 6.45) is 1.79. The third-order valence-electron chi connectivity index (χ3n) is 1.68. The van der Waals surface area contributed by atoms with Crippen LogP contribution in [0.5, 0.6) is 0 Å². The zero-order valence-electron chi connectivity index (χ0n) is 6.50. The van der Waals surface area contributed by atoms with Gasteiger partial charge >= 0.3 is 0 Å². The summed E-state index contributed by atoms with van der Waals surface area (Å²) in [4.78, 5) is 0. The van der Waals surface area contributed by atoms with Crippen LogP contribution in [-0.4, -0.2) is 17.2 Å². The second-order valence-electron chi connectivity index (χ2n) is 2.97. The Kier molecular flexibility index (Phi) is 1.48. The predicted molar refractivity (Wildman–Crippen MR) is 41.4 cm³/mol. The van der Waals surface area contributed by atoms with Crippen molar-refractivity contribution in [2.45, 2.75) is 20.8 Å². The van der Waals surface area contributed by atoms with Crippen LogP contribution in [0.2, 0.25) is 0 Å². The van der Waals surface area contributed by atoms with Gasteiger partial charge in [-0.25, -0.2) is 5.84 Å². The summed E-state index contributed by atoms with van der Waals surface area (Å²) in [5.74, 6) is 5.29. The van der Waals surface area contributed by atoms with Crippen LogP contribution in [0.3, 0.4) is 0 Å². The number of hydrogen-bond acceptors (Lipinski definition) is 4. The molecule has 1 aliphatic rings. The lowest BCUT2D eigenvalue weighted by Crippen LogP contribution is -2.34. The Morgan fingerprint density at radius 2 is 2.20 bits per heavy atom. The van der Waals surface area contributed by atoms with Crippen molar-refractivity contribution in [3.63, 3.8) is 0 Å². The molecule has 0 fully saturated rings. The zero-order chi connectivity index (χ0) is 7.78. The molecule has 0 spiro atoms. The van der Waals surface area contributed by atoms with Crippen LogP contribution in [0, 0.1) is 5.41 Å². The van der Waals surface area contributed by atoms with E-state index < -0.39 is 0 Å². The van der Waals surface area contributed by atoms with Gasteiger partial charge in [0.1, 0.15) is 0 Å². The molecule has 0 bridgehead atoms. The third-order valence-corrected chi connectivity index (χ3v) is 1.68. The predicted octanol–water partition coefficient (Wildman–Crippen LogP) is 0.564. The first-order chi connectivity index (χ1) is 4.52. The Morgan fingerprint density at radius 3 is 2.60 bits per heavy atom. The van der Waals surface area contributed by atoms with Crippen molar-refractivity contribution in [2.24, 2.45) is 21.5 Å². The summed E-state index contributed by atoms with van der Waals surface area (Å²) in [6.45, 7) is 6.02. The molecule has 0 saturated carbocycles. The summed E-state index contributed by atoms with van der Waals surface area (Å²) in [7, 11) is 0. The zero-order valence-corrected chi connectivity index (χ0v) is 6.50. The van der Waals surface area contributed by atoms with Gasteiger partial charge in [-0.3, -0.25) is 0 Å². The van der Waals surface area contributed by atoms with Gasteiger partial charge in [0.05, 0.1) is 0 Å². The van der Waals surface area contributed by atoms with Crippen molar-refractivity contribution in [3.8, 4) is 0 Å². The molecule has 0 atom stereocenters. The molecule has 4 heteroatoms. The lowest BCUT2D eigenvalue weighted by molar-refractivity contribution is 0.303. The quantitative estimate of drug-likeness (QED) is 0.500. The molecule has 0 amide bonds. The molecule has 2 N–H and O–H groups in total. The fourth-order valence-electron chi connectivity index (χ4n) is 0.605. The Morgan fingerprint density at radius 1 is 1.60 bits per heavy atom. The van der Waals surface area contributed by atoms with Crippen molar-refractivity contribution in [1.29, 1.82) is 0 Å². The molecule has 0 aliphatic carbocycles. The van der Waals surface area contributed by atoms with E-state index in [1.807, 2.05) is 20.8 Å². The van der Waals surface area contributed by atoms with Crippen molar-refractivity contribution >= 4 is 11.9 Å². The van der Waals surface area contributed by atoms with Crippen molar-refractivity contribution in [2.75, 3.05) is 0 Å². The highest BCUT2D eigenvalue weighted by Gasteiger charge is 2.22. The van der Waals surface area contributed by atoms with Crippen molar-refractivity contribution in [1.82, 2.24) is 5.23 Å². The van der Waals surface area contributed by atoms with Gasteiger partial charge < -0.3 is 0 Å². The van der Waals surface area contributed by atoms with Gasteiger partial charge in [-0.05, 0) is 20.8 Å². The van der Waals surface area contributed by atoms with Gasteiger partial charge in [0.25, 0.3) is 0 Å². The molecule has 10 heavy (non-hydrogen) atoms. The topological polar surface area (TPSA) is 54.0 Å². The van der Waals surface area contributed by atoms with Crippen LogP contribution in [0.1, 0.15) is 20.8 Å². The molecule has 0 saturated heterocycles. The van der Waals surface area contributed by atoms with Gasteiger partial charge in [-0.2, -0.15) is 5.10 Å². The SMILES string of the molecule is CC1=NN(N)N=CC1(C)C. The Labute approximate surface area is 60.4 Å². The average Bonchev–Trinajstić information content (AvgIpc) is 1.81. The second kappa shape index (κ2) is 2.05. The van der Waals surface area contributed by atoms with Gasteiger partial charge in [-0.1, -0.05) is 0 Å². The highest BCUT2D eigenvalue weighted by atomic mass is 15.8. The molecule has 1 heterocycles. The van der Waals surface area contributed by atoms with Crippen LogP contribution in [0.25, 0.3) is 0 Å². The smallest absolute Gasteiger partial charge is 0.0497 e. The molecule has 1 aliphatic heterocycles. The summed E-state index contributed by atoms with van der Waals surface area (Å²) in [6, 6.07) is 0. The summed E-state index contributed by atoms with van der Waals surface area (Å²) >= 11 is 0. The van der Waals surface area contributed by atoms with E-state index in [2.05, 4.69) is 10.2 Å². The van der Waals surface area contributed by atoms with E-state index in [-0.39, 0.29) is 5.41 Å². The fraction of sp³-hybridized carbons (Fsp3) is 0.667. The molecular formula is C6H12N4. The Bertz CT molecular complexity index is 192. The molecule has 4 nitrogen and oxygen atoms in total. The minimum Gasteiger partial charge on any atom is -0.209 e. The highest BCUT2D eigenvalue weighted by molar-refractivity contribution is 6.01. The molecule has 0 radical (unpaired) electrons. The third kappa shape index (κ3) is 1.16. The molecule has 0 aromatic carbocycles. The maximum absolute atomic E-state index is 5.29. The Balaban J connectivity index is 2.87. The maximum atomic E-state index is 5.29. The van der Waals surface area contributed by atoms with E-state index in [0.29, 0.717) is 0 Å². The van der Waals surface area contributed by atoms with Gasteiger partial charge in [0, 0.05) is 17.3 Å². The van der Waals surface area contributed by atoms with E-state index in [1.165, 1.54) is 0 Å². The number of hydrazine groups is 1. The highest BCUT2D eigenvalue weighted by Crippen LogP contribution is 2.17. The average molecular weight is 140 g/mol. The largest absolute Gasteiger partial charge is 0.209 e. The summed E-state index contributed by atoms with van der Waals surface area (Å²) in [5, 5.41) is 8.88. The van der Waals surface area contributed by atoms with Gasteiger partial charge in [0.15, 0.2) is 0 Å². The molecule has 0 aromatic heterocycles. The van der Waals surface area contributed by atoms with E-state index in [1.54, 1.807) is 6.21 Å². The number of rotatable bonds is 0. The lowest BCUT2D eigenvalue weighted by Gasteiger charge is -2.24. The molecular weight excluding hydrogens is 128 g/mol. The number of nitrogens with two attached hydrogens (primary N) is 1. The molecule has 0 aromatic rings. The number of hydrogen-bond donors (Lipinski definition) is 1. The fourth-order valence-corrected chi connectivity index (χ4v) is 0.605. The summed E-state index contributed by atoms with van der Waals surface area (Å²) in [5.41, 5.74) is 0.931.